The van der Waals surface area contributed by atoms with Gasteiger partial charge in [0.2, 0.25) is 0 Å². The second kappa shape index (κ2) is 7.41. The zero-order valence-corrected chi connectivity index (χ0v) is 11.3. The number of benzene rings is 1. The summed E-state index contributed by atoms with van der Waals surface area (Å²) in [6, 6.07) is 5.48. The molecule has 0 fully saturated rings. The van der Waals surface area contributed by atoms with Crippen LogP contribution in [-0.2, 0) is 4.74 Å². The fourth-order valence-electron chi connectivity index (χ4n) is 1.40. The molecule has 0 bridgehead atoms. The van der Waals surface area contributed by atoms with Gasteiger partial charge in [-0.2, -0.15) is 0 Å². The van der Waals surface area contributed by atoms with E-state index in [0.717, 1.165) is 18.7 Å². The lowest BCUT2D eigenvalue weighted by molar-refractivity contribution is 0.133. The molecular formula is C13H21ClN2O. The van der Waals surface area contributed by atoms with Crippen molar-refractivity contribution < 1.29 is 4.74 Å². The number of ether oxygens (including phenoxy) is 1. The summed E-state index contributed by atoms with van der Waals surface area (Å²) in [5, 5.41) is 3.83. The first kappa shape index (κ1) is 14.1. The Labute approximate surface area is 108 Å². The predicted molar refractivity (Wildman–Crippen MR) is 74.6 cm³/mol. The van der Waals surface area contributed by atoms with E-state index in [-0.39, 0.29) is 0 Å². The van der Waals surface area contributed by atoms with Crippen LogP contribution in [-0.4, -0.2) is 19.8 Å². The Morgan fingerprint density at radius 2 is 2.12 bits per heavy atom. The van der Waals surface area contributed by atoms with E-state index in [2.05, 4.69) is 19.2 Å². The summed E-state index contributed by atoms with van der Waals surface area (Å²) in [5.74, 6) is 0.683. The number of nitrogen functional groups attached to an aromatic ring is 1. The molecule has 4 heteroatoms. The van der Waals surface area contributed by atoms with Crippen molar-refractivity contribution in [3.8, 4) is 0 Å². The molecule has 17 heavy (non-hydrogen) atoms. The largest absolute Gasteiger partial charge is 0.397 e. The molecule has 96 valence electrons. The van der Waals surface area contributed by atoms with Crippen molar-refractivity contribution in [2.24, 2.45) is 5.92 Å². The normalized spacial score (nSPS) is 10.8. The number of halogens is 1. The van der Waals surface area contributed by atoms with Gasteiger partial charge in [0.25, 0.3) is 0 Å². The van der Waals surface area contributed by atoms with E-state index in [1.807, 2.05) is 18.2 Å². The maximum Gasteiger partial charge on any atom is 0.0763 e. The number of anilines is 2. The van der Waals surface area contributed by atoms with Crippen molar-refractivity contribution >= 4 is 23.0 Å². The van der Waals surface area contributed by atoms with E-state index in [9.17, 15) is 0 Å². The van der Waals surface area contributed by atoms with E-state index in [1.165, 1.54) is 0 Å². The van der Waals surface area contributed by atoms with Crippen LogP contribution in [0.1, 0.15) is 20.3 Å². The minimum absolute atomic E-state index is 0.646. The molecule has 1 aromatic rings. The average Bonchev–Trinajstić information content (AvgIpc) is 2.26. The van der Waals surface area contributed by atoms with Gasteiger partial charge in [-0.3, -0.25) is 0 Å². The number of nitrogens with one attached hydrogen (secondary N) is 1. The zero-order chi connectivity index (χ0) is 12.7. The average molecular weight is 257 g/mol. The van der Waals surface area contributed by atoms with Crippen LogP contribution >= 0.6 is 11.6 Å². The molecule has 0 unspecified atom stereocenters. The number of rotatable bonds is 7. The highest BCUT2D eigenvalue weighted by molar-refractivity contribution is 6.33. The van der Waals surface area contributed by atoms with Crippen molar-refractivity contribution in [3.05, 3.63) is 23.2 Å². The quantitative estimate of drug-likeness (QED) is 0.581. The lowest BCUT2D eigenvalue weighted by atomic mass is 10.1. The maximum absolute atomic E-state index is 6.03. The molecule has 0 heterocycles. The van der Waals surface area contributed by atoms with Gasteiger partial charge in [-0.1, -0.05) is 31.5 Å². The van der Waals surface area contributed by atoms with Gasteiger partial charge in [0.1, 0.15) is 0 Å². The lowest BCUT2D eigenvalue weighted by Gasteiger charge is -2.11. The number of para-hydroxylation sites is 1. The highest BCUT2D eigenvalue weighted by atomic mass is 35.5. The van der Waals surface area contributed by atoms with Gasteiger partial charge in [0, 0.05) is 13.2 Å². The van der Waals surface area contributed by atoms with Crippen molar-refractivity contribution in [2.45, 2.75) is 20.3 Å². The summed E-state index contributed by atoms with van der Waals surface area (Å²) in [5.41, 5.74) is 7.27. The molecule has 0 aliphatic rings. The zero-order valence-electron chi connectivity index (χ0n) is 10.5. The molecule has 1 rings (SSSR count). The summed E-state index contributed by atoms with van der Waals surface area (Å²) in [4.78, 5) is 0. The summed E-state index contributed by atoms with van der Waals surface area (Å²) in [6.07, 6.45) is 1.09. The van der Waals surface area contributed by atoms with Crippen molar-refractivity contribution in [1.29, 1.82) is 0 Å². The third-order valence-corrected chi connectivity index (χ3v) is 2.75. The van der Waals surface area contributed by atoms with Gasteiger partial charge in [-0.25, -0.2) is 0 Å². The molecule has 1 aromatic carbocycles. The summed E-state index contributed by atoms with van der Waals surface area (Å²) in [7, 11) is 0. The summed E-state index contributed by atoms with van der Waals surface area (Å²) >= 11 is 6.03. The van der Waals surface area contributed by atoms with Crippen LogP contribution in [0.25, 0.3) is 0 Å². The molecule has 0 aromatic heterocycles. The van der Waals surface area contributed by atoms with Crippen LogP contribution in [0.2, 0.25) is 5.02 Å². The first-order chi connectivity index (χ1) is 8.11. The monoisotopic (exact) mass is 256 g/mol. The predicted octanol–water partition coefficient (Wildman–Crippen LogP) is 3.40. The van der Waals surface area contributed by atoms with Gasteiger partial charge in [-0.15, -0.1) is 0 Å². The highest BCUT2D eigenvalue weighted by Gasteiger charge is 2.02. The molecule has 0 saturated heterocycles. The number of hydrogen-bond donors (Lipinski definition) is 2. The first-order valence-corrected chi connectivity index (χ1v) is 6.34. The van der Waals surface area contributed by atoms with E-state index in [0.29, 0.717) is 29.8 Å². The fourth-order valence-corrected chi connectivity index (χ4v) is 1.65. The Morgan fingerprint density at radius 3 is 2.76 bits per heavy atom. The van der Waals surface area contributed by atoms with E-state index >= 15 is 0 Å². The molecule has 0 radical (unpaired) electrons. The molecule has 3 N–H and O–H groups in total. The van der Waals surface area contributed by atoms with Crippen molar-refractivity contribution in [3.63, 3.8) is 0 Å². The highest BCUT2D eigenvalue weighted by Crippen LogP contribution is 2.27. The van der Waals surface area contributed by atoms with Crippen LogP contribution in [0, 0.1) is 5.92 Å². The van der Waals surface area contributed by atoms with Gasteiger partial charge in [0.05, 0.1) is 23.0 Å². The molecule has 0 amide bonds. The molecule has 0 spiro atoms. The van der Waals surface area contributed by atoms with Gasteiger partial charge in [0.15, 0.2) is 0 Å². The first-order valence-electron chi connectivity index (χ1n) is 5.97. The van der Waals surface area contributed by atoms with Crippen LogP contribution in [0.5, 0.6) is 0 Å². The standard InChI is InChI=1S/C13H21ClN2O/c1-10(2)6-8-17-9-7-16-13-11(14)4-3-5-12(13)15/h3-5,10,16H,6-9,15H2,1-2H3. The molecule has 0 aliphatic heterocycles. The maximum atomic E-state index is 6.03. The Morgan fingerprint density at radius 1 is 1.35 bits per heavy atom. The van der Waals surface area contributed by atoms with E-state index in [4.69, 9.17) is 22.1 Å². The minimum Gasteiger partial charge on any atom is -0.397 e. The van der Waals surface area contributed by atoms with E-state index < -0.39 is 0 Å². The minimum atomic E-state index is 0.646. The Hall–Kier alpha value is -0.930. The second-order valence-electron chi connectivity index (χ2n) is 4.43. The molecular weight excluding hydrogens is 236 g/mol. The molecule has 0 atom stereocenters. The van der Waals surface area contributed by atoms with Gasteiger partial charge >= 0.3 is 0 Å². The third-order valence-electron chi connectivity index (χ3n) is 2.43. The second-order valence-corrected chi connectivity index (χ2v) is 4.83. The van der Waals surface area contributed by atoms with Crippen molar-refractivity contribution in [1.82, 2.24) is 0 Å². The number of nitrogens with two attached hydrogens (primary N) is 1. The Kier molecular flexibility index (Phi) is 6.16. The fraction of sp³-hybridized carbons (Fsp3) is 0.538. The lowest BCUT2D eigenvalue weighted by Crippen LogP contribution is -2.12. The van der Waals surface area contributed by atoms with Gasteiger partial charge in [-0.05, 0) is 24.5 Å². The van der Waals surface area contributed by atoms with E-state index in [1.54, 1.807) is 0 Å². The molecule has 3 nitrogen and oxygen atoms in total. The Bertz CT molecular complexity index is 322. The smallest absolute Gasteiger partial charge is 0.0763 e. The third kappa shape index (κ3) is 5.29. The topological polar surface area (TPSA) is 47.3 Å². The number of hydrogen-bond acceptors (Lipinski definition) is 3. The Balaban J connectivity index is 2.22. The van der Waals surface area contributed by atoms with Crippen LogP contribution < -0.4 is 11.1 Å². The van der Waals surface area contributed by atoms with Crippen LogP contribution in [0.4, 0.5) is 11.4 Å². The summed E-state index contributed by atoms with van der Waals surface area (Å²) < 4.78 is 5.50. The SMILES string of the molecule is CC(C)CCOCCNc1c(N)cccc1Cl. The summed E-state index contributed by atoms with van der Waals surface area (Å²) in [6.45, 7) is 6.55. The van der Waals surface area contributed by atoms with Crippen molar-refractivity contribution in [2.75, 3.05) is 30.8 Å². The van der Waals surface area contributed by atoms with Gasteiger partial charge < -0.3 is 15.8 Å². The van der Waals surface area contributed by atoms with Crippen LogP contribution in [0.3, 0.4) is 0 Å². The molecule has 0 saturated carbocycles. The van der Waals surface area contributed by atoms with Crippen LogP contribution in [0.15, 0.2) is 18.2 Å². The molecule has 0 aliphatic carbocycles.